The normalized spacial score (nSPS) is 17.2. The topological polar surface area (TPSA) is 77.2 Å². The largest absolute Gasteiger partial charge is 0.467 e. The highest BCUT2D eigenvalue weighted by atomic mass is 32.2. The van der Waals surface area contributed by atoms with Crippen LogP contribution in [-0.2, 0) is 0 Å². The van der Waals surface area contributed by atoms with Crippen LogP contribution in [-0.4, -0.2) is 46.7 Å². The van der Waals surface area contributed by atoms with Crippen LogP contribution < -0.4 is 15.4 Å². The number of aromatic nitrogens is 3. The maximum absolute atomic E-state index is 5.62. The Balaban J connectivity index is 2.10. The summed E-state index contributed by atoms with van der Waals surface area (Å²) in [7, 11) is 1.53. The summed E-state index contributed by atoms with van der Waals surface area (Å²) in [6.45, 7) is 1.91. The summed E-state index contributed by atoms with van der Waals surface area (Å²) in [4.78, 5) is 14.4. The number of hydrogen-bond acceptors (Lipinski definition) is 7. The van der Waals surface area contributed by atoms with Gasteiger partial charge in [-0.1, -0.05) is 0 Å². The molecule has 2 N–H and O–H groups in total. The molecule has 2 heterocycles. The number of nitrogens with zero attached hydrogens (tertiary/aromatic N) is 4. The number of hydrogen-bond donors (Lipinski definition) is 1. The average molecular weight is 255 g/mol. The van der Waals surface area contributed by atoms with E-state index in [1.165, 1.54) is 7.11 Å². The van der Waals surface area contributed by atoms with Crippen molar-refractivity contribution in [2.45, 2.75) is 18.1 Å². The fourth-order valence-electron chi connectivity index (χ4n) is 1.89. The lowest BCUT2D eigenvalue weighted by Crippen LogP contribution is -2.36. The number of ether oxygens (including phenoxy) is 1. The molecule has 0 unspecified atom stereocenters. The SMILES string of the molecule is COc1nc(N)nc(N2CCC(SC)CC2)n1. The fraction of sp³-hybridized carbons (Fsp3) is 0.700. The molecule has 1 aliphatic rings. The van der Waals surface area contributed by atoms with Crippen molar-refractivity contribution in [3.05, 3.63) is 0 Å². The third-order valence-electron chi connectivity index (χ3n) is 2.86. The Morgan fingerprint density at radius 1 is 1.29 bits per heavy atom. The van der Waals surface area contributed by atoms with Crippen LogP contribution in [0.15, 0.2) is 0 Å². The van der Waals surface area contributed by atoms with E-state index in [-0.39, 0.29) is 12.0 Å². The van der Waals surface area contributed by atoms with Crippen molar-refractivity contribution < 1.29 is 4.74 Å². The second-order valence-electron chi connectivity index (χ2n) is 3.90. The van der Waals surface area contributed by atoms with Gasteiger partial charge in [-0.05, 0) is 19.1 Å². The van der Waals surface area contributed by atoms with E-state index < -0.39 is 0 Å². The van der Waals surface area contributed by atoms with Crippen molar-refractivity contribution in [1.29, 1.82) is 0 Å². The van der Waals surface area contributed by atoms with Crippen LogP contribution in [0.25, 0.3) is 0 Å². The molecule has 0 aromatic carbocycles. The number of thioether (sulfide) groups is 1. The van der Waals surface area contributed by atoms with Crippen LogP contribution in [0.4, 0.5) is 11.9 Å². The van der Waals surface area contributed by atoms with E-state index >= 15 is 0 Å². The monoisotopic (exact) mass is 255 g/mol. The summed E-state index contributed by atoms with van der Waals surface area (Å²) in [5.41, 5.74) is 5.62. The predicted molar refractivity (Wildman–Crippen MR) is 69.5 cm³/mol. The number of rotatable bonds is 3. The van der Waals surface area contributed by atoms with Gasteiger partial charge < -0.3 is 15.4 Å². The van der Waals surface area contributed by atoms with Crippen molar-refractivity contribution in [3.63, 3.8) is 0 Å². The van der Waals surface area contributed by atoms with Crippen LogP contribution in [0.1, 0.15) is 12.8 Å². The van der Waals surface area contributed by atoms with Crippen LogP contribution >= 0.6 is 11.8 Å². The van der Waals surface area contributed by atoms with Crippen LogP contribution in [0.3, 0.4) is 0 Å². The van der Waals surface area contributed by atoms with Gasteiger partial charge in [-0.2, -0.15) is 26.7 Å². The van der Waals surface area contributed by atoms with Gasteiger partial charge in [-0.25, -0.2) is 0 Å². The smallest absolute Gasteiger partial charge is 0.322 e. The quantitative estimate of drug-likeness (QED) is 0.855. The first kappa shape index (κ1) is 12.2. The first-order chi connectivity index (χ1) is 8.22. The van der Waals surface area contributed by atoms with E-state index in [9.17, 15) is 0 Å². The second-order valence-corrected chi connectivity index (χ2v) is 5.04. The lowest BCUT2D eigenvalue weighted by Gasteiger charge is -2.31. The number of piperidine rings is 1. The van der Waals surface area contributed by atoms with Crippen molar-refractivity contribution in [2.24, 2.45) is 0 Å². The van der Waals surface area contributed by atoms with E-state index in [0.717, 1.165) is 31.2 Å². The van der Waals surface area contributed by atoms with Crippen LogP contribution in [0.2, 0.25) is 0 Å². The van der Waals surface area contributed by atoms with Gasteiger partial charge in [0.1, 0.15) is 0 Å². The lowest BCUT2D eigenvalue weighted by atomic mass is 10.1. The number of nitrogen functional groups attached to an aromatic ring is 1. The van der Waals surface area contributed by atoms with E-state index in [0.29, 0.717) is 5.95 Å². The third kappa shape index (κ3) is 2.91. The van der Waals surface area contributed by atoms with E-state index in [1.54, 1.807) is 0 Å². The Morgan fingerprint density at radius 3 is 2.59 bits per heavy atom. The summed E-state index contributed by atoms with van der Waals surface area (Å²) < 4.78 is 5.00. The van der Waals surface area contributed by atoms with Crippen LogP contribution in [0, 0.1) is 0 Å². The van der Waals surface area contributed by atoms with E-state index in [4.69, 9.17) is 10.5 Å². The van der Waals surface area contributed by atoms with Gasteiger partial charge in [-0.3, -0.25) is 0 Å². The van der Waals surface area contributed by atoms with Gasteiger partial charge in [0.25, 0.3) is 0 Å². The molecular weight excluding hydrogens is 238 g/mol. The molecular formula is C10H17N5OS. The molecule has 0 aliphatic carbocycles. The standard InChI is InChI=1S/C10H17N5OS/c1-16-10-13-8(11)12-9(14-10)15-5-3-7(17-2)4-6-15/h7H,3-6H2,1-2H3,(H2,11,12,13,14). The third-order valence-corrected chi connectivity index (χ3v) is 4.00. The number of methoxy groups -OCH3 is 1. The van der Waals surface area contributed by atoms with E-state index in [2.05, 4.69) is 26.1 Å². The predicted octanol–water partition coefficient (Wildman–Crippen LogP) is 0.794. The van der Waals surface area contributed by atoms with Crippen molar-refractivity contribution in [2.75, 3.05) is 37.1 Å². The van der Waals surface area contributed by atoms with Gasteiger partial charge in [0.15, 0.2) is 0 Å². The molecule has 1 fully saturated rings. The first-order valence-corrected chi connectivity index (χ1v) is 6.85. The zero-order valence-electron chi connectivity index (χ0n) is 10.1. The highest BCUT2D eigenvalue weighted by Crippen LogP contribution is 2.24. The summed E-state index contributed by atoms with van der Waals surface area (Å²) in [6.07, 6.45) is 4.45. The molecule has 1 aliphatic heterocycles. The minimum absolute atomic E-state index is 0.207. The number of anilines is 2. The molecule has 0 bridgehead atoms. The van der Waals surface area contributed by atoms with Gasteiger partial charge >= 0.3 is 6.01 Å². The molecule has 1 aromatic rings. The molecule has 0 saturated carbocycles. The summed E-state index contributed by atoms with van der Waals surface area (Å²) in [6, 6.07) is 0.277. The second kappa shape index (κ2) is 5.39. The summed E-state index contributed by atoms with van der Waals surface area (Å²) in [5, 5.41) is 0.743. The maximum Gasteiger partial charge on any atom is 0.322 e. The highest BCUT2D eigenvalue weighted by molar-refractivity contribution is 7.99. The first-order valence-electron chi connectivity index (χ1n) is 5.56. The lowest BCUT2D eigenvalue weighted by molar-refractivity contribution is 0.378. The average Bonchev–Trinajstić information content (AvgIpc) is 2.38. The van der Waals surface area contributed by atoms with Gasteiger partial charge in [0.2, 0.25) is 11.9 Å². The zero-order chi connectivity index (χ0) is 12.3. The van der Waals surface area contributed by atoms with Crippen molar-refractivity contribution in [1.82, 2.24) is 15.0 Å². The molecule has 0 radical (unpaired) electrons. The van der Waals surface area contributed by atoms with Crippen molar-refractivity contribution in [3.8, 4) is 6.01 Å². The highest BCUT2D eigenvalue weighted by Gasteiger charge is 2.21. The molecule has 1 aromatic heterocycles. The Morgan fingerprint density at radius 2 is 2.00 bits per heavy atom. The van der Waals surface area contributed by atoms with Crippen LogP contribution in [0.5, 0.6) is 6.01 Å². The fourth-order valence-corrected chi connectivity index (χ4v) is 2.57. The van der Waals surface area contributed by atoms with Gasteiger partial charge in [0, 0.05) is 18.3 Å². The Kier molecular flexibility index (Phi) is 3.88. The minimum Gasteiger partial charge on any atom is -0.467 e. The Hall–Kier alpha value is -1.24. The molecule has 0 spiro atoms. The Labute approximate surface area is 105 Å². The maximum atomic E-state index is 5.62. The molecule has 2 rings (SSSR count). The molecule has 0 atom stereocenters. The van der Waals surface area contributed by atoms with Gasteiger partial charge in [0.05, 0.1) is 7.11 Å². The summed E-state index contributed by atoms with van der Waals surface area (Å²) >= 11 is 1.92. The Bertz CT molecular complexity index is 381. The molecule has 1 saturated heterocycles. The minimum atomic E-state index is 0.207. The van der Waals surface area contributed by atoms with Crippen molar-refractivity contribution >= 4 is 23.7 Å². The molecule has 7 heteroatoms. The van der Waals surface area contributed by atoms with Gasteiger partial charge in [-0.15, -0.1) is 0 Å². The number of nitrogens with two attached hydrogens (primary N) is 1. The molecule has 0 amide bonds. The molecule has 94 valence electrons. The van der Waals surface area contributed by atoms with E-state index in [1.807, 2.05) is 11.8 Å². The molecule has 17 heavy (non-hydrogen) atoms. The molecule has 6 nitrogen and oxygen atoms in total. The summed E-state index contributed by atoms with van der Waals surface area (Å²) in [5.74, 6) is 0.827. The zero-order valence-corrected chi connectivity index (χ0v) is 10.9.